The molecular formula is C11H11FN2. The lowest BCUT2D eigenvalue weighted by molar-refractivity contribution is 0.614. The molecule has 2 nitrogen and oxygen atoms in total. The molecule has 0 aliphatic carbocycles. The van der Waals surface area contributed by atoms with Crippen LogP contribution in [0.1, 0.15) is 30.0 Å². The van der Waals surface area contributed by atoms with Gasteiger partial charge in [0.2, 0.25) is 0 Å². The molecule has 1 unspecified atom stereocenters. The van der Waals surface area contributed by atoms with Gasteiger partial charge in [-0.1, -0.05) is 6.07 Å². The van der Waals surface area contributed by atoms with Crippen LogP contribution in [0.5, 0.6) is 0 Å². The fourth-order valence-corrected chi connectivity index (χ4v) is 1.81. The zero-order valence-corrected chi connectivity index (χ0v) is 7.76. The largest absolute Gasteiger partial charge is 0.310 e. The van der Waals surface area contributed by atoms with Crippen LogP contribution in [-0.4, -0.2) is 6.54 Å². The first-order valence-corrected chi connectivity index (χ1v) is 4.74. The number of halogens is 1. The van der Waals surface area contributed by atoms with E-state index in [0.717, 1.165) is 24.9 Å². The minimum Gasteiger partial charge on any atom is -0.310 e. The fourth-order valence-electron chi connectivity index (χ4n) is 1.81. The van der Waals surface area contributed by atoms with Gasteiger partial charge in [0, 0.05) is 6.04 Å². The van der Waals surface area contributed by atoms with Crippen LogP contribution >= 0.6 is 0 Å². The van der Waals surface area contributed by atoms with E-state index in [0.29, 0.717) is 6.04 Å². The van der Waals surface area contributed by atoms with Crippen molar-refractivity contribution in [3.8, 4) is 6.07 Å². The molecule has 1 aromatic rings. The fraction of sp³-hybridized carbons (Fsp3) is 0.364. The predicted octanol–water partition coefficient (Wildman–Crippen LogP) is 2.12. The number of nitrogens with zero attached hydrogens (tertiary/aromatic N) is 1. The lowest BCUT2D eigenvalue weighted by Gasteiger charge is -2.10. The molecule has 14 heavy (non-hydrogen) atoms. The quantitative estimate of drug-likeness (QED) is 0.736. The first kappa shape index (κ1) is 9.17. The Balaban J connectivity index is 2.31. The topological polar surface area (TPSA) is 35.8 Å². The van der Waals surface area contributed by atoms with Crippen LogP contribution < -0.4 is 5.32 Å². The third-order valence-corrected chi connectivity index (χ3v) is 2.57. The Bertz CT molecular complexity index is 375. The number of hydrogen-bond donors (Lipinski definition) is 1. The van der Waals surface area contributed by atoms with Crippen molar-refractivity contribution < 1.29 is 4.39 Å². The van der Waals surface area contributed by atoms with Crippen LogP contribution in [-0.2, 0) is 0 Å². The maximum absolute atomic E-state index is 13.0. The summed E-state index contributed by atoms with van der Waals surface area (Å²) in [6.45, 7) is 1.00. The molecular weight excluding hydrogens is 179 g/mol. The molecule has 0 aromatic heterocycles. The smallest absolute Gasteiger partial charge is 0.140 e. The zero-order valence-electron chi connectivity index (χ0n) is 7.76. The van der Waals surface area contributed by atoms with E-state index >= 15 is 0 Å². The van der Waals surface area contributed by atoms with Crippen LogP contribution in [0.3, 0.4) is 0 Å². The summed E-state index contributed by atoms with van der Waals surface area (Å²) in [6.07, 6.45) is 2.21. The molecule has 1 heterocycles. The number of rotatable bonds is 1. The van der Waals surface area contributed by atoms with Crippen molar-refractivity contribution >= 4 is 0 Å². The molecule has 0 spiro atoms. The van der Waals surface area contributed by atoms with E-state index in [1.54, 1.807) is 12.1 Å². The van der Waals surface area contributed by atoms with Gasteiger partial charge in [-0.3, -0.25) is 0 Å². The molecule has 72 valence electrons. The monoisotopic (exact) mass is 190 g/mol. The van der Waals surface area contributed by atoms with Crippen LogP contribution in [0.4, 0.5) is 4.39 Å². The average molecular weight is 190 g/mol. The Morgan fingerprint density at radius 2 is 2.36 bits per heavy atom. The third kappa shape index (κ3) is 1.61. The molecule has 1 N–H and O–H groups in total. The van der Waals surface area contributed by atoms with Crippen molar-refractivity contribution in [2.75, 3.05) is 6.54 Å². The molecule has 3 heteroatoms. The van der Waals surface area contributed by atoms with Crippen molar-refractivity contribution in [2.45, 2.75) is 18.9 Å². The summed E-state index contributed by atoms with van der Waals surface area (Å²) in [6, 6.07) is 6.91. The zero-order chi connectivity index (χ0) is 9.97. The first-order valence-electron chi connectivity index (χ1n) is 4.74. The van der Waals surface area contributed by atoms with Crippen LogP contribution in [0.15, 0.2) is 18.2 Å². The predicted molar refractivity (Wildman–Crippen MR) is 51.1 cm³/mol. The average Bonchev–Trinajstić information content (AvgIpc) is 2.71. The van der Waals surface area contributed by atoms with E-state index in [1.807, 2.05) is 6.07 Å². The Hall–Kier alpha value is -1.40. The van der Waals surface area contributed by atoms with Gasteiger partial charge >= 0.3 is 0 Å². The standard InChI is InChI=1S/C11H11FN2/c12-10-4-3-8(6-9(10)7-13)11-2-1-5-14-11/h3-4,6,11,14H,1-2,5H2. The van der Waals surface area contributed by atoms with Gasteiger partial charge in [0.15, 0.2) is 0 Å². The summed E-state index contributed by atoms with van der Waals surface area (Å²) in [5.41, 5.74) is 1.15. The maximum atomic E-state index is 13.0. The van der Waals surface area contributed by atoms with E-state index in [-0.39, 0.29) is 5.56 Å². The van der Waals surface area contributed by atoms with Crippen molar-refractivity contribution in [1.82, 2.24) is 5.32 Å². The maximum Gasteiger partial charge on any atom is 0.140 e. The molecule has 0 bridgehead atoms. The highest BCUT2D eigenvalue weighted by Crippen LogP contribution is 2.24. The highest BCUT2D eigenvalue weighted by molar-refractivity contribution is 5.35. The molecule has 1 aliphatic rings. The van der Waals surface area contributed by atoms with Crippen molar-refractivity contribution in [3.05, 3.63) is 35.1 Å². The van der Waals surface area contributed by atoms with Gasteiger partial charge in [-0.05, 0) is 37.1 Å². The van der Waals surface area contributed by atoms with Crippen LogP contribution in [0.2, 0.25) is 0 Å². The Labute approximate surface area is 82.4 Å². The van der Waals surface area contributed by atoms with Crippen LogP contribution in [0.25, 0.3) is 0 Å². The highest BCUT2D eigenvalue weighted by Gasteiger charge is 2.17. The Morgan fingerprint density at radius 3 is 3.00 bits per heavy atom. The molecule has 1 saturated heterocycles. The highest BCUT2D eigenvalue weighted by atomic mass is 19.1. The van der Waals surface area contributed by atoms with E-state index in [1.165, 1.54) is 6.07 Å². The summed E-state index contributed by atoms with van der Waals surface area (Å²) >= 11 is 0. The van der Waals surface area contributed by atoms with Gasteiger partial charge in [0.25, 0.3) is 0 Å². The molecule has 0 saturated carbocycles. The second-order valence-corrected chi connectivity index (χ2v) is 3.50. The minimum absolute atomic E-state index is 0.135. The number of nitriles is 1. The van der Waals surface area contributed by atoms with E-state index < -0.39 is 5.82 Å². The van der Waals surface area contributed by atoms with E-state index in [9.17, 15) is 4.39 Å². The van der Waals surface area contributed by atoms with E-state index in [4.69, 9.17) is 5.26 Å². The molecule has 2 rings (SSSR count). The minimum atomic E-state index is -0.436. The SMILES string of the molecule is N#Cc1cc(C2CCCN2)ccc1F. The summed E-state index contributed by atoms with van der Waals surface area (Å²) in [5.74, 6) is -0.436. The summed E-state index contributed by atoms with van der Waals surface area (Å²) in [7, 11) is 0. The number of benzene rings is 1. The first-order chi connectivity index (χ1) is 6.81. The molecule has 1 fully saturated rings. The lowest BCUT2D eigenvalue weighted by atomic mass is 10.0. The molecule has 1 aliphatic heterocycles. The third-order valence-electron chi connectivity index (χ3n) is 2.57. The molecule has 1 atom stereocenters. The van der Waals surface area contributed by atoms with E-state index in [2.05, 4.69) is 5.32 Å². The summed E-state index contributed by atoms with van der Waals surface area (Å²) in [4.78, 5) is 0. The second kappa shape index (κ2) is 3.77. The number of nitrogens with one attached hydrogen (secondary N) is 1. The Kier molecular flexibility index (Phi) is 2.47. The molecule has 0 radical (unpaired) electrons. The summed E-state index contributed by atoms with van der Waals surface area (Å²) < 4.78 is 13.0. The van der Waals surface area contributed by atoms with Gasteiger partial charge in [-0.2, -0.15) is 5.26 Å². The van der Waals surface area contributed by atoms with Gasteiger partial charge in [-0.25, -0.2) is 4.39 Å². The van der Waals surface area contributed by atoms with Gasteiger partial charge in [0.1, 0.15) is 11.9 Å². The van der Waals surface area contributed by atoms with Crippen molar-refractivity contribution in [1.29, 1.82) is 5.26 Å². The van der Waals surface area contributed by atoms with Crippen LogP contribution in [0, 0.1) is 17.1 Å². The van der Waals surface area contributed by atoms with Crippen molar-refractivity contribution in [3.63, 3.8) is 0 Å². The molecule has 0 amide bonds. The second-order valence-electron chi connectivity index (χ2n) is 3.50. The normalized spacial score (nSPS) is 20.7. The summed E-state index contributed by atoms with van der Waals surface area (Å²) in [5, 5.41) is 12.0. The Morgan fingerprint density at radius 1 is 1.50 bits per heavy atom. The van der Waals surface area contributed by atoms with Gasteiger partial charge in [-0.15, -0.1) is 0 Å². The molecule has 1 aromatic carbocycles. The van der Waals surface area contributed by atoms with Gasteiger partial charge in [0.05, 0.1) is 5.56 Å². The number of hydrogen-bond acceptors (Lipinski definition) is 2. The van der Waals surface area contributed by atoms with Gasteiger partial charge < -0.3 is 5.32 Å². The van der Waals surface area contributed by atoms with Crippen molar-refractivity contribution in [2.24, 2.45) is 0 Å². The lowest BCUT2D eigenvalue weighted by Crippen LogP contribution is -2.13.